The van der Waals surface area contributed by atoms with Crippen LogP contribution < -0.4 is 5.73 Å². The zero-order valence-corrected chi connectivity index (χ0v) is 16.5. The highest BCUT2D eigenvalue weighted by Crippen LogP contribution is 2.67. The number of aryl methyl sites for hydroxylation is 2. The molecule has 1 aromatic rings. The maximum Gasteiger partial charge on any atom is 0.00933 e. The minimum Gasteiger partial charge on any atom is -0.327 e. The molecule has 5 atom stereocenters. The Bertz CT molecular complexity index is 688. The monoisotopic (exact) mass is 325 g/mol. The largest absolute Gasteiger partial charge is 0.327 e. The Morgan fingerprint density at radius 2 is 1.67 bits per heavy atom. The van der Waals surface area contributed by atoms with Gasteiger partial charge in [0, 0.05) is 6.04 Å². The number of rotatable bonds is 0. The summed E-state index contributed by atoms with van der Waals surface area (Å²) in [6.07, 6.45) is 6.48. The molecule has 2 fully saturated rings. The summed E-state index contributed by atoms with van der Waals surface area (Å²) in [5.41, 5.74) is 14.0. The first-order chi connectivity index (χ1) is 11.1. The maximum absolute atomic E-state index is 6.58. The zero-order valence-electron chi connectivity index (χ0n) is 16.5. The summed E-state index contributed by atoms with van der Waals surface area (Å²) in [5.74, 6) is 1.55. The Labute approximate surface area is 148 Å². The fraction of sp³-hybridized carbons (Fsp3) is 0.739. The first kappa shape index (κ1) is 16.6. The molecule has 1 heteroatoms. The summed E-state index contributed by atoms with van der Waals surface area (Å²) < 4.78 is 0. The van der Waals surface area contributed by atoms with Gasteiger partial charge in [-0.1, -0.05) is 45.4 Å². The van der Waals surface area contributed by atoms with Gasteiger partial charge in [0.15, 0.2) is 0 Å². The molecule has 2 N–H and O–H groups in total. The second kappa shape index (κ2) is 4.87. The average Bonchev–Trinajstić information content (AvgIpc) is 2.77. The minimum atomic E-state index is 0.272. The first-order valence-electron chi connectivity index (χ1n) is 9.97. The van der Waals surface area contributed by atoms with Crippen LogP contribution in [0.5, 0.6) is 0 Å². The van der Waals surface area contributed by atoms with Crippen LogP contribution in [0.15, 0.2) is 12.1 Å². The second-order valence-electron chi connectivity index (χ2n) is 10.4. The molecule has 2 saturated carbocycles. The summed E-state index contributed by atoms with van der Waals surface area (Å²) in [4.78, 5) is 0. The van der Waals surface area contributed by atoms with E-state index in [9.17, 15) is 0 Å². The van der Waals surface area contributed by atoms with E-state index in [-0.39, 0.29) is 5.41 Å². The van der Waals surface area contributed by atoms with Crippen molar-refractivity contribution in [3.05, 3.63) is 34.4 Å². The van der Waals surface area contributed by atoms with Crippen molar-refractivity contribution in [1.29, 1.82) is 0 Å². The highest BCUT2D eigenvalue weighted by atomic mass is 14.8. The van der Waals surface area contributed by atoms with E-state index in [1.165, 1.54) is 43.2 Å². The van der Waals surface area contributed by atoms with Gasteiger partial charge in [-0.05, 0) is 90.7 Å². The number of hydrogen-bond acceptors (Lipinski definition) is 1. The molecular weight excluding hydrogens is 290 g/mol. The number of hydrogen-bond donors (Lipinski definition) is 1. The van der Waals surface area contributed by atoms with Gasteiger partial charge in [0.25, 0.3) is 0 Å². The summed E-state index contributed by atoms with van der Waals surface area (Å²) >= 11 is 0. The zero-order chi connectivity index (χ0) is 17.5. The lowest BCUT2D eigenvalue weighted by molar-refractivity contribution is -0.107. The smallest absolute Gasteiger partial charge is 0.00933 e. The van der Waals surface area contributed by atoms with E-state index in [1.54, 1.807) is 11.1 Å². The molecule has 4 rings (SSSR count). The second-order valence-corrected chi connectivity index (χ2v) is 10.4. The molecule has 0 aromatic heterocycles. The number of nitrogens with two attached hydrogens (primary N) is 1. The van der Waals surface area contributed by atoms with Gasteiger partial charge in [0.05, 0.1) is 0 Å². The van der Waals surface area contributed by atoms with Gasteiger partial charge >= 0.3 is 0 Å². The average molecular weight is 326 g/mol. The first-order valence-corrected chi connectivity index (χ1v) is 9.97. The van der Waals surface area contributed by atoms with Crippen molar-refractivity contribution in [3.63, 3.8) is 0 Å². The summed E-state index contributed by atoms with van der Waals surface area (Å²) in [7, 11) is 0. The lowest BCUT2D eigenvalue weighted by atomic mass is 9.42. The van der Waals surface area contributed by atoms with Gasteiger partial charge < -0.3 is 5.73 Å². The molecule has 132 valence electrons. The van der Waals surface area contributed by atoms with E-state index < -0.39 is 0 Å². The van der Waals surface area contributed by atoms with E-state index in [0.717, 1.165) is 11.8 Å². The van der Waals surface area contributed by atoms with Crippen LogP contribution in [-0.4, -0.2) is 6.04 Å². The molecule has 0 radical (unpaired) electrons. The maximum atomic E-state index is 6.58. The van der Waals surface area contributed by atoms with Crippen molar-refractivity contribution in [2.75, 3.05) is 0 Å². The Kier molecular flexibility index (Phi) is 3.38. The highest BCUT2D eigenvalue weighted by molar-refractivity contribution is 5.49. The number of fused-ring (bicyclic) bond motifs is 5. The van der Waals surface area contributed by atoms with Crippen LogP contribution in [-0.2, 0) is 11.8 Å². The Balaban J connectivity index is 1.83. The fourth-order valence-electron chi connectivity index (χ4n) is 7.60. The molecule has 3 aliphatic rings. The van der Waals surface area contributed by atoms with E-state index in [2.05, 4.69) is 53.7 Å². The van der Waals surface area contributed by atoms with Crippen LogP contribution in [0.3, 0.4) is 0 Å². The molecule has 0 bridgehead atoms. The van der Waals surface area contributed by atoms with E-state index in [0.29, 0.717) is 16.9 Å². The van der Waals surface area contributed by atoms with E-state index in [4.69, 9.17) is 5.73 Å². The molecule has 1 aromatic carbocycles. The number of benzene rings is 1. The minimum absolute atomic E-state index is 0.272. The fourth-order valence-corrected chi connectivity index (χ4v) is 7.60. The molecule has 0 heterocycles. The predicted molar refractivity (Wildman–Crippen MR) is 102 cm³/mol. The molecule has 24 heavy (non-hydrogen) atoms. The molecule has 3 aliphatic carbocycles. The van der Waals surface area contributed by atoms with Gasteiger partial charge in [-0.3, -0.25) is 0 Å². The summed E-state index contributed by atoms with van der Waals surface area (Å²) in [5, 5.41) is 0. The normalized spacial score (nSPS) is 43.0. The molecular formula is C23H35N. The Morgan fingerprint density at radius 1 is 0.958 bits per heavy atom. The lowest BCUT2D eigenvalue weighted by Gasteiger charge is -2.62. The molecule has 0 amide bonds. The third-order valence-corrected chi connectivity index (χ3v) is 8.72. The van der Waals surface area contributed by atoms with Crippen LogP contribution in [0, 0.1) is 36.5 Å². The van der Waals surface area contributed by atoms with Crippen molar-refractivity contribution < 1.29 is 0 Å². The van der Waals surface area contributed by atoms with Gasteiger partial charge in [0.1, 0.15) is 0 Å². The van der Waals surface area contributed by atoms with Gasteiger partial charge in [-0.25, -0.2) is 0 Å². The van der Waals surface area contributed by atoms with E-state index >= 15 is 0 Å². The third-order valence-electron chi connectivity index (χ3n) is 8.72. The molecule has 0 aliphatic heterocycles. The standard InChI is InChI=1S/C23H35N/c1-14-11-15(2)20-16(12-14)13-18-22(5)10-8-19(24)21(3,4)17(22)7-9-23(18,20)6/h11-12,17-19H,7-10,13,24H2,1-6H3/t17-,18+,19+,22-,23+/m0/s1. The van der Waals surface area contributed by atoms with Crippen molar-refractivity contribution in [2.24, 2.45) is 28.4 Å². The Hall–Kier alpha value is -0.820. The molecule has 0 spiro atoms. The SMILES string of the molecule is Cc1cc(C)c2c(c1)C[C@@H]1[C@@]3(C)CC[C@@H](N)C(C)(C)[C@@H]3CC[C@@]21C. The molecule has 1 nitrogen and oxygen atoms in total. The van der Waals surface area contributed by atoms with Crippen molar-refractivity contribution in [3.8, 4) is 0 Å². The van der Waals surface area contributed by atoms with Crippen LogP contribution in [0.2, 0.25) is 0 Å². The topological polar surface area (TPSA) is 26.0 Å². The molecule has 0 saturated heterocycles. The van der Waals surface area contributed by atoms with Crippen molar-refractivity contribution >= 4 is 0 Å². The van der Waals surface area contributed by atoms with Crippen LogP contribution in [0.25, 0.3) is 0 Å². The van der Waals surface area contributed by atoms with Gasteiger partial charge in [0.2, 0.25) is 0 Å². The van der Waals surface area contributed by atoms with Gasteiger partial charge in [-0.15, -0.1) is 0 Å². The van der Waals surface area contributed by atoms with Gasteiger partial charge in [-0.2, -0.15) is 0 Å². The van der Waals surface area contributed by atoms with Crippen LogP contribution in [0.4, 0.5) is 0 Å². The Morgan fingerprint density at radius 3 is 2.38 bits per heavy atom. The quantitative estimate of drug-likeness (QED) is 0.688. The summed E-state index contributed by atoms with van der Waals surface area (Å²) in [6, 6.07) is 5.25. The molecule has 0 unspecified atom stereocenters. The lowest BCUT2D eigenvalue weighted by Crippen LogP contribution is -2.60. The van der Waals surface area contributed by atoms with Crippen molar-refractivity contribution in [2.45, 2.75) is 85.1 Å². The van der Waals surface area contributed by atoms with Crippen LogP contribution in [0.1, 0.15) is 75.6 Å². The van der Waals surface area contributed by atoms with Crippen LogP contribution >= 0.6 is 0 Å². The highest BCUT2D eigenvalue weighted by Gasteiger charge is 2.62. The summed E-state index contributed by atoms with van der Waals surface area (Å²) in [6.45, 7) is 14.7. The third kappa shape index (κ3) is 1.91. The van der Waals surface area contributed by atoms with E-state index in [1.807, 2.05) is 0 Å². The van der Waals surface area contributed by atoms with Crippen molar-refractivity contribution in [1.82, 2.24) is 0 Å². The predicted octanol–water partition coefficient (Wildman–Crippen LogP) is 5.30.